The highest BCUT2D eigenvalue weighted by molar-refractivity contribution is 5.65. The summed E-state index contributed by atoms with van der Waals surface area (Å²) in [6.45, 7) is 0. The second-order valence-corrected chi connectivity index (χ2v) is 6.09. The third kappa shape index (κ3) is 3.28. The van der Waals surface area contributed by atoms with Gasteiger partial charge >= 0.3 is 11.8 Å². The molecule has 0 spiro atoms. The van der Waals surface area contributed by atoms with Crippen LogP contribution in [0.2, 0.25) is 0 Å². The molecule has 4 nitrogen and oxygen atoms in total. The lowest BCUT2D eigenvalue weighted by Gasteiger charge is -2.24. The van der Waals surface area contributed by atoms with Gasteiger partial charge in [-0.2, -0.15) is 17.6 Å². The van der Waals surface area contributed by atoms with Crippen molar-refractivity contribution in [3.63, 3.8) is 0 Å². The standard InChI is InChI=1S/C20H14F4N2O2/c21-19(22,13-7-3-1-4-8-13)16-11-15(26(27)28)12-17(18(16)25)20(23,24)14-9-5-2-6-10-14/h1-12H,25H2. The van der Waals surface area contributed by atoms with Crippen molar-refractivity contribution in [1.82, 2.24) is 0 Å². The molecular formula is C20H14F4N2O2. The largest absolute Gasteiger partial charge is 0.398 e. The topological polar surface area (TPSA) is 69.2 Å². The average molecular weight is 390 g/mol. The molecule has 0 bridgehead atoms. The molecule has 0 aliphatic carbocycles. The SMILES string of the molecule is Nc1c(C(F)(F)c2ccccc2)cc([N+](=O)[O-])cc1C(F)(F)c1ccccc1. The first-order chi connectivity index (χ1) is 13.2. The van der Waals surface area contributed by atoms with Crippen molar-refractivity contribution in [2.24, 2.45) is 0 Å². The Balaban J connectivity index is 2.27. The normalized spacial score (nSPS) is 12.0. The van der Waals surface area contributed by atoms with Crippen molar-refractivity contribution >= 4 is 11.4 Å². The number of rotatable bonds is 5. The van der Waals surface area contributed by atoms with Gasteiger partial charge in [-0.05, 0) is 0 Å². The Labute approximate surface area is 157 Å². The number of nitro groups is 1. The summed E-state index contributed by atoms with van der Waals surface area (Å²) in [5, 5.41) is 11.2. The van der Waals surface area contributed by atoms with Crippen LogP contribution in [0.3, 0.4) is 0 Å². The molecule has 0 fully saturated rings. The number of halogens is 4. The molecule has 3 rings (SSSR count). The van der Waals surface area contributed by atoms with E-state index in [1.807, 2.05) is 0 Å². The van der Waals surface area contributed by atoms with Crippen LogP contribution in [0, 0.1) is 10.1 Å². The summed E-state index contributed by atoms with van der Waals surface area (Å²) in [5.41, 5.74) is 0.803. The minimum absolute atomic E-state index is 0.517. The summed E-state index contributed by atoms with van der Waals surface area (Å²) in [6, 6.07) is 13.8. The molecule has 0 aromatic heterocycles. The van der Waals surface area contributed by atoms with Crippen LogP contribution in [0.25, 0.3) is 0 Å². The van der Waals surface area contributed by atoms with Gasteiger partial charge in [-0.3, -0.25) is 10.1 Å². The van der Waals surface area contributed by atoms with Gasteiger partial charge in [0.05, 0.1) is 21.7 Å². The molecule has 0 saturated carbocycles. The Bertz CT molecular complexity index is 937. The van der Waals surface area contributed by atoms with E-state index in [0.717, 1.165) is 24.3 Å². The van der Waals surface area contributed by atoms with Crippen LogP contribution in [-0.2, 0) is 11.8 Å². The quantitative estimate of drug-likeness (QED) is 0.272. The number of nitrogen functional groups attached to an aromatic ring is 1. The van der Waals surface area contributed by atoms with Crippen molar-refractivity contribution in [3.8, 4) is 0 Å². The van der Waals surface area contributed by atoms with Gasteiger partial charge in [-0.25, -0.2) is 0 Å². The molecule has 8 heteroatoms. The van der Waals surface area contributed by atoms with E-state index in [2.05, 4.69) is 0 Å². The average Bonchev–Trinajstić information content (AvgIpc) is 2.69. The monoisotopic (exact) mass is 390 g/mol. The van der Waals surface area contributed by atoms with E-state index in [0.29, 0.717) is 12.1 Å². The highest BCUT2D eigenvalue weighted by Crippen LogP contribution is 2.47. The molecule has 3 aromatic rings. The van der Waals surface area contributed by atoms with Gasteiger partial charge in [-0.1, -0.05) is 60.7 Å². The van der Waals surface area contributed by atoms with Crippen molar-refractivity contribution < 1.29 is 22.5 Å². The van der Waals surface area contributed by atoms with Crippen molar-refractivity contribution in [2.45, 2.75) is 11.8 Å². The molecule has 0 atom stereocenters. The number of anilines is 1. The lowest BCUT2D eigenvalue weighted by molar-refractivity contribution is -0.385. The number of nitrogens with two attached hydrogens (primary N) is 1. The predicted molar refractivity (Wildman–Crippen MR) is 96.4 cm³/mol. The summed E-state index contributed by atoms with van der Waals surface area (Å²) in [5.74, 6) is -7.61. The Morgan fingerprint density at radius 2 is 1.11 bits per heavy atom. The second-order valence-electron chi connectivity index (χ2n) is 6.09. The highest BCUT2D eigenvalue weighted by Gasteiger charge is 2.43. The van der Waals surface area contributed by atoms with Crippen molar-refractivity contribution in [1.29, 1.82) is 0 Å². The summed E-state index contributed by atoms with van der Waals surface area (Å²) in [7, 11) is 0. The predicted octanol–water partition coefficient (Wildman–Crippen LogP) is 5.46. The fourth-order valence-electron chi connectivity index (χ4n) is 2.87. The molecule has 0 aliphatic rings. The van der Waals surface area contributed by atoms with Crippen LogP contribution < -0.4 is 5.73 Å². The van der Waals surface area contributed by atoms with Crippen molar-refractivity contribution in [2.75, 3.05) is 5.73 Å². The van der Waals surface area contributed by atoms with Crippen LogP contribution in [0.1, 0.15) is 22.3 Å². The highest BCUT2D eigenvalue weighted by atomic mass is 19.3. The maximum absolute atomic E-state index is 15.0. The van der Waals surface area contributed by atoms with E-state index >= 15 is 17.6 Å². The number of alkyl halides is 4. The zero-order chi connectivity index (χ0) is 20.5. The number of hydrogen-bond acceptors (Lipinski definition) is 3. The van der Waals surface area contributed by atoms with Crippen LogP contribution in [0.4, 0.5) is 28.9 Å². The Kier molecular flexibility index (Phi) is 4.80. The smallest absolute Gasteiger partial charge is 0.300 e. The van der Waals surface area contributed by atoms with Gasteiger partial charge in [0.2, 0.25) is 0 Å². The number of non-ortho nitro benzene ring substituents is 1. The van der Waals surface area contributed by atoms with E-state index < -0.39 is 50.4 Å². The third-order valence-electron chi connectivity index (χ3n) is 4.32. The number of nitrogens with zero attached hydrogens (tertiary/aromatic N) is 1. The minimum atomic E-state index is -3.81. The lowest BCUT2D eigenvalue weighted by atomic mass is 9.91. The Morgan fingerprint density at radius 1 is 0.750 bits per heavy atom. The van der Waals surface area contributed by atoms with Gasteiger partial charge in [0, 0.05) is 23.3 Å². The van der Waals surface area contributed by atoms with Crippen LogP contribution in [-0.4, -0.2) is 4.92 Å². The molecule has 0 amide bonds. The maximum Gasteiger partial charge on any atom is 0.300 e. The van der Waals surface area contributed by atoms with Gasteiger partial charge in [0.25, 0.3) is 5.69 Å². The fourth-order valence-corrected chi connectivity index (χ4v) is 2.87. The summed E-state index contributed by atoms with van der Waals surface area (Å²) < 4.78 is 60.1. The first kappa shape index (κ1) is 19.3. The van der Waals surface area contributed by atoms with Gasteiger partial charge in [0.15, 0.2) is 0 Å². The zero-order valence-electron chi connectivity index (χ0n) is 14.3. The van der Waals surface area contributed by atoms with Crippen LogP contribution in [0.15, 0.2) is 72.8 Å². The lowest BCUT2D eigenvalue weighted by Crippen LogP contribution is -2.23. The molecule has 0 aliphatic heterocycles. The molecule has 3 aromatic carbocycles. The minimum Gasteiger partial charge on any atom is -0.398 e. The summed E-state index contributed by atoms with van der Waals surface area (Å²) in [4.78, 5) is 10.2. The van der Waals surface area contributed by atoms with Gasteiger partial charge in [0.1, 0.15) is 0 Å². The van der Waals surface area contributed by atoms with Crippen LogP contribution >= 0.6 is 0 Å². The molecule has 0 heterocycles. The molecule has 144 valence electrons. The number of hydrogen-bond donors (Lipinski definition) is 1. The summed E-state index contributed by atoms with van der Waals surface area (Å²) >= 11 is 0. The first-order valence-corrected chi connectivity index (χ1v) is 8.11. The van der Waals surface area contributed by atoms with Crippen molar-refractivity contribution in [3.05, 3.63) is 105 Å². The van der Waals surface area contributed by atoms with E-state index in [1.165, 1.54) is 36.4 Å². The van der Waals surface area contributed by atoms with E-state index in [-0.39, 0.29) is 0 Å². The Morgan fingerprint density at radius 3 is 1.43 bits per heavy atom. The zero-order valence-corrected chi connectivity index (χ0v) is 14.3. The molecule has 0 saturated heterocycles. The molecular weight excluding hydrogens is 376 g/mol. The number of benzene rings is 3. The summed E-state index contributed by atoms with van der Waals surface area (Å²) in [6.07, 6.45) is 0. The molecule has 2 N–H and O–H groups in total. The van der Waals surface area contributed by atoms with E-state index in [9.17, 15) is 10.1 Å². The molecule has 28 heavy (non-hydrogen) atoms. The van der Waals surface area contributed by atoms with Gasteiger partial charge in [-0.15, -0.1) is 0 Å². The maximum atomic E-state index is 15.0. The first-order valence-electron chi connectivity index (χ1n) is 8.11. The van der Waals surface area contributed by atoms with Crippen LogP contribution in [0.5, 0.6) is 0 Å². The van der Waals surface area contributed by atoms with E-state index in [1.54, 1.807) is 0 Å². The molecule has 0 radical (unpaired) electrons. The molecule has 0 unspecified atom stereocenters. The van der Waals surface area contributed by atoms with Gasteiger partial charge < -0.3 is 5.73 Å². The second kappa shape index (κ2) is 6.95. The fraction of sp³-hybridized carbons (Fsp3) is 0.100. The van der Waals surface area contributed by atoms with E-state index in [4.69, 9.17) is 5.73 Å². The number of nitro benzene ring substituents is 1. The Hall–Kier alpha value is -3.42. The third-order valence-corrected chi connectivity index (χ3v) is 4.32.